The number of nitrogens with one attached hydrogen (secondary N) is 1. The average molecular weight is 199 g/mol. The van der Waals surface area contributed by atoms with E-state index in [1.165, 1.54) is 38.6 Å². The summed E-state index contributed by atoms with van der Waals surface area (Å²) in [7, 11) is 0. The van der Waals surface area contributed by atoms with E-state index >= 15 is 0 Å². The number of hydrogen-bond acceptors (Lipinski definition) is 2. The van der Waals surface area contributed by atoms with Crippen LogP contribution in [0.1, 0.15) is 46.0 Å². The molecule has 0 aromatic rings. The van der Waals surface area contributed by atoms with Crippen molar-refractivity contribution < 1.29 is 4.74 Å². The van der Waals surface area contributed by atoms with Crippen LogP contribution in [-0.4, -0.2) is 26.3 Å². The second kappa shape index (κ2) is 6.41. The minimum absolute atomic E-state index is 0.670. The minimum Gasteiger partial charge on any atom is -0.380 e. The molecule has 0 radical (unpaired) electrons. The van der Waals surface area contributed by atoms with Gasteiger partial charge < -0.3 is 10.1 Å². The van der Waals surface area contributed by atoms with Crippen molar-refractivity contribution in [3.63, 3.8) is 0 Å². The van der Waals surface area contributed by atoms with Crippen LogP contribution in [0.4, 0.5) is 0 Å². The van der Waals surface area contributed by atoms with E-state index in [2.05, 4.69) is 19.2 Å². The zero-order valence-corrected chi connectivity index (χ0v) is 9.77. The van der Waals surface area contributed by atoms with E-state index in [0.29, 0.717) is 5.41 Å². The summed E-state index contributed by atoms with van der Waals surface area (Å²) in [5.41, 5.74) is 0.670. The lowest BCUT2D eigenvalue weighted by molar-refractivity contribution is 0.132. The van der Waals surface area contributed by atoms with Gasteiger partial charge in [0.1, 0.15) is 0 Å². The number of ether oxygens (including phenoxy) is 1. The van der Waals surface area contributed by atoms with Gasteiger partial charge in [0, 0.05) is 19.7 Å². The van der Waals surface area contributed by atoms with Gasteiger partial charge in [0.25, 0.3) is 0 Å². The van der Waals surface area contributed by atoms with Crippen molar-refractivity contribution >= 4 is 0 Å². The van der Waals surface area contributed by atoms with E-state index in [-0.39, 0.29) is 0 Å². The van der Waals surface area contributed by atoms with Crippen molar-refractivity contribution in [2.75, 3.05) is 26.3 Å². The van der Waals surface area contributed by atoms with Crippen LogP contribution in [0.25, 0.3) is 0 Å². The molecule has 84 valence electrons. The Kier molecular flexibility index (Phi) is 5.49. The molecule has 1 aliphatic rings. The third-order valence-corrected chi connectivity index (χ3v) is 3.27. The topological polar surface area (TPSA) is 21.3 Å². The molecule has 1 rings (SSSR count). The number of hydrogen-bond donors (Lipinski definition) is 1. The van der Waals surface area contributed by atoms with Gasteiger partial charge in [0.2, 0.25) is 0 Å². The average Bonchev–Trinajstić information content (AvgIpc) is 2.98. The molecule has 2 heteroatoms. The van der Waals surface area contributed by atoms with Gasteiger partial charge in [-0.15, -0.1) is 0 Å². The Hall–Kier alpha value is -0.0800. The van der Waals surface area contributed by atoms with Crippen LogP contribution in [0, 0.1) is 5.41 Å². The highest BCUT2D eigenvalue weighted by Crippen LogP contribution is 2.47. The van der Waals surface area contributed by atoms with Gasteiger partial charge in [0.15, 0.2) is 0 Å². The van der Waals surface area contributed by atoms with Gasteiger partial charge in [-0.05, 0) is 31.1 Å². The van der Waals surface area contributed by atoms with E-state index in [1.807, 2.05) is 0 Å². The molecule has 1 N–H and O–H groups in total. The second-order valence-corrected chi connectivity index (χ2v) is 4.50. The fourth-order valence-electron chi connectivity index (χ4n) is 1.68. The fraction of sp³-hybridized carbons (Fsp3) is 1.00. The second-order valence-electron chi connectivity index (χ2n) is 4.50. The van der Waals surface area contributed by atoms with E-state index in [9.17, 15) is 0 Å². The van der Waals surface area contributed by atoms with Gasteiger partial charge in [0.05, 0.1) is 6.61 Å². The molecule has 2 nitrogen and oxygen atoms in total. The van der Waals surface area contributed by atoms with Crippen molar-refractivity contribution in [2.45, 2.75) is 46.0 Å². The standard InChI is InChI=1S/C12H25NO/c1-3-5-9-14-10-8-13-11-12(4-2)6-7-12/h13H,3-11H2,1-2H3. The summed E-state index contributed by atoms with van der Waals surface area (Å²) >= 11 is 0. The Morgan fingerprint density at radius 3 is 2.57 bits per heavy atom. The quantitative estimate of drug-likeness (QED) is 0.576. The minimum atomic E-state index is 0.670. The molecule has 0 aromatic carbocycles. The summed E-state index contributed by atoms with van der Waals surface area (Å²) in [6.45, 7) is 8.51. The summed E-state index contributed by atoms with van der Waals surface area (Å²) < 4.78 is 5.48. The predicted molar refractivity (Wildman–Crippen MR) is 60.6 cm³/mol. The van der Waals surface area contributed by atoms with E-state index in [0.717, 1.165) is 19.8 Å². The zero-order valence-electron chi connectivity index (χ0n) is 9.77. The van der Waals surface area contributed by atoms with Gasteiger partial charge in [-0.1, -0.05) is 20.3 Å². The third-order valence-electron chi connectivity index (χ3n) is 3.27. The maximum Gasteiger partial charge on any atom is 0.0590 e. The molecule has 0 spiro atoms. The number of rotatable bonds is 9. The Balaban J connectivity index is 1.80. The fourth-order valence-corrected chi connectivity index (χ4v) is 1.68. The third kappa shape index (κ3) is 4.43. The highest BCUT2D eigenvalue weighted by molar-refractivity contribution is 4.93. The maximum absolute atomic E-state index is 5.48. The lowest BCUT2D eigenvalue weighted by atomic mass is 10.0. The Labute approximate surface area is 88.4 Å². The van der Waals surface area contributed by atoms with Crippen molar-refractivity contribution in [1.82, 2.24) is 5.32 Å². The molecular formula is C12H25NO. The molecule has 0 aromatic heterocycles. The van der Waals surface area contributed by atoms with Crippen LogP contribution in [0.15, 0.2) is 0 Å². The zero-order chi connectivity index (χ0) is 10.3. The first-order valence-corrected chi connectivity index (χ1v) is 6.11. The number of unbranched alkanes of at least 4 members (excludes halogenated alkanes) is 1. The normalized spacial score (nSPS) is 18.4. The van der Waals surface area contributed by atoms with Crippen molar-refractivity contribution in [1.29, 1.82) is 0 Å². The van der Waals surface area contributed by atoms with Gasteiger partial charge in [-0.2, -0.15) is 0 Å². The summed E-state index contributed by atoms with van der Waals surface area (Å²) in [5, 5.41) is 3.49. The molecule has 1 fully saturated rings. The van der Waals surface area contributed by atoms with Gasteiger partial charge >= 0.3 is 0 Å². The van der Waals surface area contributed by atoms with E-state index < -0.39 is 0 Å². The largest absolute Gasteiger partial charge is 0.380 e. The Morgan fingerprint density at radius 1 is 1.21 bits per heavy atom. The van der Waals surface area contributed by atoms with Crippen LogP contribution in [0.2, 0.25) is 0 Å². The van der Waals surface area contributed by atoms with Crippen LogP contribution in [-0.2, 0) is 4.74 Å². The first kappa shape index (κ1) is 12.0. The summed E-state index contributed by atoms with van der Waals surface area (Å²) in [4.78, 5) is 0. The summed E-state index contributed by atoms with van der Waals surface area (Å²) in [5.74, 6) is 0. The molecule has 0 bridgehead atoms. The van der Waals surface area contributed by atoms with Crippen LogP contribution < -0.4 is 5.32 Å². The van der Waals surface area contributed by atoms with Crippen molar-refractivity contribution in [3.05, 3.63) is 0 Å². The molecule has 1 aliphatic carbocycles. The van der Waals surface area contributed by atoms with Crippen molar-refractivity contribution in [3.8, 4) is 0 Å². The lowest BCUT2D eigenvalue weighted by Crippen LogP contribution is -2.27. The molecule has 0 aliphatic heterocycles. The molecule has 1 saturated carbocycles. The van der Waals surface area contributed by atoms with Crippen LogP contribution >= 0.6 is 0 Å². The van der Waals surface area contributed by atoms with Gasteiger partial charge in [-0.3, -0.25) is 0 Å². The molecule has 0 amide bonds. The smallest absolute Gasteiger partial charge is 0.0590 e. The molecule has 0 atom stereocenters. The van der Waals surface area contributed by atoms with Crippen LogP contribution in [0.3, 0.4) is 0 Å². The molecule has 0 unspecified atom stereocenters. The first-order valence-electron chi connectivity index (χ1n) is 6.11. The molecular weight excluding hydrogens is 174 g/mol. The van der Waals surface area contributed by atoms with E-state index in [4.69, 9.17) is 4.74 Å². The summed E-state index contributed by atoms with van der Waals surface area (Å²) in [6.07, 6.45) is 6.60. The monoisotopic (exact) mass is 199 g/mol. The lowest BCUT2D eigenvalue weighted by Gasteiger charge is -2.13. The first-order chi connectivity index (χ1) is 6.83. The molecule has 0 saturated heterocycles. The SMILES string of the molecule is CCCCOCCNCC1(CC)CC1. The van der Waals surface area contributed by atoms with Crippen molar-refractivity contribution in [2.24, 2.45) is 5.41 Å². The van der Waals surface area contributed by atoms with E-state index in [1.54, 1.807) is 0 Å². The van der Waals surface area contributed by atoms with Crippen LogP contribution in [0.5, 0.6) is 0 Å². The molecule has 14 heavy (non-hydrogen) atoms. The highest BCUT2D eigenvalue weighted by atomic mass is 16.5. The maximum atomic E-state index is 5.48. The Bertz CT molecular complexity index is 143. The predicted octanol–water partition coefficient (Wildman–Crippen LogP) is 2.58. The summed E-state index contributed by atoms with van der Waals surface area (Å²) in [6, 6.07) is 0. The Morgan fingerprint density at radius 2 is 2.00 bits per heavy atom. The molecule has 0 heterocycles. The highest BCUT2D eigenvalue weighted by Gasteiger charge is 2.39. The van der Waals surface area contributed by atoms with Gasteiger partial charge in [-0.25, -0.2) is 0 Å².